The Morgan fingerprint density at radius 3 is 2.59 bits per heavy atom. The second-order valence-corrected chi connectivity index (χ2v) is 5.46. The average molecular weight is 321 g/mol. The first-order valence-corrected chi connectivity index (χ1v) is 7.46. The van der Waals surface area contributed by atoms with Gasteiger partial charge in [0, 0.05) is 0 Å². The standard InChI is InChI=1S/C13H15N5O3S/c1-8-6-4-5-7-10(8)22(20)18-12(19)16-11-14-9(2)15-13(17-11)21-3/h4-7H,1-3H3,(H2,14,15,16,17,18,19). The molecule has 0 aliphatic rings. The zero-order chi connectivity index (χ0) is 16.1. The van der Waals surface area contributed by atoms with Gasteiger partial charge >= 0.3 is 12.0 Å². The molecular formula is C13H15N5O3S. The summed E-state index contributed by atoms with van der Waals surface area (Å²) in [5.74, 6) is 0.408. The topological polar surface area (TPSA) is 106 Å². The van der Waals surface area contributed by atoms with E-state index in [2.05, 4.69) is 25.0 Å². The second kappa shape index (κ2) is 6.94. The molecule has 0 saturated carbocycles. The number of nitrogens with zero attached hydrogens (tertiary/aromatic N) is 3. The van der Waals surface area contributed by atoms with Crippen LogP contribution < -0.4 is 14.8 Å². The third-order valence-corrected chi connectivity index (χ3v) is 3.84. The number of ether oxygens (including phenoxy) is 1. The van der Waals surface area contributed by atoms with Gasteiger partial charge in [-0.1, -0.05) is 18.2 Å². The first kappa shape index (κ1) is 15.8. The largest absolute Gasteiger partial charge is 0.467 e. The molecule has 2 amide bonds. The number of hydrogen-bond acceptors (Lipinski definition) is 6. The van der Waals surface area contributed by atoms with Gasteiger partial charge in [-0.2, -0.15) is 15.0 Å². The summed E-state index contributed by atoms with van der Waals surface area (Å²) >= 11 is 0. The van der Waals surface area contributed by atoms with Gasteiger partial charge in [-0.3, -0.25) is 10.0 Å². The molecule has 1 unspecified atom stereocenters. The molecule has 0 saturated heterocycles. The van der Waals surface area contributed by atoms with E-state index < -0.39 is 17.0 Å². The Kier molecular flexibility index (Phi) is 4.99. The van der Waals surface area contributed by atoms with Crippen molar-refractivity contribution in [2.75, 3.05) is 12.4 Å². The van der Waals surface area contributed by atoms with Crippen LogP contribution in [-0.2, 0) is 11.0 Å². The highest BCUT2D eigenvalue weighted by Gasteiger charge is 2.13. The van der Waals surface area contributed by atoms with Crippen molar-refractivity contribution in [1.29, 1.82) is 0 Å². The van der Waals surface area contributed by atoms with Crippen LogP contribution in [0.15, 0.2) is 29.2 Å². The number of anilines is 1. The highest BCUT2D eigenvalue weighted by molar-refractivity contribution is 7.83. The number of amides is 2. The Bertz CT molecular complexity index is 723. The van der Waals surface area contributed by atoms with E-state index >= 15 is 0 Å². The summed E-state index contributed by atoms with van der Waals surface area (Å²) in [5, 5.41) is 2.39. The minimum atomic E-state index is -1.68. The van der Waals surface area contributed by atoms with E-state index in [-0.39, 0.29) is 12.0 Å². The van der Waals surface area contributed by atoms with Gasteiger partial charge in [0.05, 0.1) is 12.0 Å². The molecule has 1 atom stereocenters. The van der Waals surface area contributed by atoms with E-state index in [0.29, 0.717) is 10.7 Å². The van der Waals surface area contributed by atoms with Crippen LogP contribution in [-0.4, -0.2) is 32.3 Å². The molecule has 22 heavy (non-hydrogen) atoms. The fraction of sp³-hybridized carbons (Fsp3) is 0.231. The van der Waals surface area contributed by atoms with Crippen LogP contribution in [0.25, 0.3) is 0 Å². The van der Waals surface area contributed by atoms with Gasteiger partial charge in [0.2, 0.25) is 5.95 Å². The second-order valence-electron chi connectivity index (χ2n) is 4.28. The van der Waals surface area contributed by atoms with E-state index in [1.54, 1.807) is 19.1 Å². The van der Waals surface area contributed by atoms with Crippen LogP contribution >= 0.6 is 0 Å². The molecule has 2 rings (SSSR count). The number of benzene rings is 1. The predicted octanol–water partition coefficient (Wildman–Crippen LogP) is 1.34. The number of aryl methyl sites for hydroxylation is 2. The maximum absolute atomic E-state index is 12.1. The normalized spacial score (nSPS) is 11.6. The zero-order valence-corrected chi connectivity index (χ0v) is 13.1. The van der Waals surface area contributed by atoms with Crippen LogP contribution in [0.2, 0.25) is 0 Å². The van der Waals surface area contributed by atoms with E-state index in [1.807, 2.05) is 19.1 Å². The summed E-state index contributed by atoms with van der Waals surface area (Å²) in [4.78, 5) is 24.1. The van der Waals surface area contributed by atoms with E-state index in [9.17, 15) is 9.00 Å². The Labute approximate surface area is 129 Å². The number of urea groups is 1. The quantitative estimate of drug-likeness (QED) is 0.880. The lowest BCUT2D eigenvalue weighted by Crippen LogP contribution is -2.31. The van der Waals surface area contributed by atoms with Gasteiger partial charge in [-0.05, 0) is 25.5 Å². The van der Waals surface area contributed by atoms with Gasteiger partial charge in [0.25, 0.3) is 0 Å². The maximum atomic E-state index is 12.1. The fourth-order valence-electron chi connectivity index (χ4n) is 1.64. The SMILES string of the molecule is COc1nc(C)nc(NC(=O)NS(=O)c2ccccc2C)n1. The van der Waals surface area contributed by atoms with Gasteiger partial charge in [0.1, 0.15) is 5.82 Å². The number of rotatable bonds is 4. The van der Waals surface area contributed by atoms with Crippen molar-refractivity contribution in [3.05, 3.63) is 35.7 Å². The van der Waals surface area contributed by atoms with Gasteiger partial charge in [-0.15, -0.1) is 0 Å². The summed E-state index contributed by atoms with van der Waals surface area (Å²) in [7, 11) is -0.267. The molecule has 9 heteroatoms. The van der Waals surface area contributed by atoms with Crippen molar-refractivity contribution in [2.45, 2.75) is 18.7 Å². The van der Waals surface area contributed by atoms with Crippen molar-refractivity contribution in [1.82, 2.24) is 19.7 Å². The van der Waals surface area contributed by atoms with Gasteiger partial charge in [0.15, 0.2) is 11.0 Å². The summed E-state index contributed by atoms with van der Waals surface area (Å²) in [5.41, 5.74) is 0.818. The highest BCUT2D eigenvalue weighted by Crippen LogP contribution is 2.11. The third-order valence-electron chi connectivity index (χ3n) is 2.61. The number of hydrogen-bond donors (Lipinski definition) is 2. The van der Waals surface area contributed by atoms with Crippen LogP contribution in [0.5, 0.6) is 6.01 Å². The number of nitrogens with one attached hydrogen (secondary N) is 2. The van der Waals surface area contributed by atoms with Crippen molar-refractivity contribution in [3.63, 3.8) is 0 Å². The Hall–Kier alpha value is -2.55. The van der Waals surface area contributed by atoms with Crippen molar-refractivity contribution >= 4 is 23.0 Å². The molecule has 0 radical (unpaired) electrons. The molecule has 0 aliphatic carbocycles. The number of methoxy groups -OCH3 is 1. The third kappa shape index (κ3) is 3.98. The molecule has 0 fully saturated rings. The molecular weight excluding hydrogens is 306 g/mol. The molecule has 0 aliphatic heterocycles. The van der Waals surface area contributed by atoms with Crippen molar-refractivity contribution in [2.24, 2.45) is 0 Å². The molecule has 1 heterocycles. The van der Waals surface area contributed by atoms with Crippen molar-refractivity contribution < 1.29 is 13.7 Å². The number of carbonyl (C=O) groups excluding carboxylic acids is 1. The van der Waals surface area contributed by atoms with Crippen molar-refractivity contribution in [3.8, 4) is 6.01 Å². The lowest BCUT2D eigenvalue weighted by atomic mass is 10.2. The van der Waals surface area contributed by atoms with E-state index in [4.69, 9.17) is 4.74 Å². The minimum absolute atomic E-state index is 0.0173. The summed E-state index contributed by atoms with van der Waals surface area (Å²) in [6.45, 7) is 3.45. The summed E-state index contributed by atoms with van der Waals surface area (Å²) < 4.78 is 19.3. The lowest BCUT2D eigenvalue weighted by Gasteiger charge is -2.08. The maximum Gasteiger partial charge on any atom is 0.333 e. The predicted molar refractivity (Wildman–Crippen MR) is 80.9 cm³/mol. The van der Waals surface area contributed by atoms with Crippen LogP contribution in [0, 0.1) is 13.8 Å². The average Bonchev–Trinajstić information content (AvgIpc) is 2.46. The minimum Gasteiger partial charge on any atom is -0.467 e. The smallest absolute Gasteiger partial charge is 0.333 e. The molecule has 0 bridgehead atoms. The van der Waals surface area contributed by atoms with E-state index in [1.165, 1.54) is 7.11 Å². The lowest BCUT2D eigenvalue weighted by molar-refractivity contribution is 0.256. The van der Waals surface area contributed by atoms with Gasteiger partial charge < -0.3 is 4.74 Å². The van der Waals surface area contributed by atoms with Crippen LogP contribution in [0.3, 0.4) is 0 Å². The number of aromatic nitrogens is 3. The summed E-state index contributed by atoms with van der Waals surface area (Å²) in [6, 6.07) is 6.47. The summed E-state index contributed by atoms with van der Waals surface area (Å²) in [6.07, 6.45) is 0. The first-order valence-electron chi connectivity index (χ1n) is 6.31. The highest BCUT2D eigenvalue weighted by atomic mass is 32.2. The molecule has 1 aromatic heterocycles. The van der Waals surface area contributed by atoms with E-state index in [0.717, 1.165) is 5.56 Å². The van der Waals surface area contributed by atoms with Crippen LogP contribution in [0.4, 0.5) is 10.7 Å². The monoisotopic (exact) mass is 321 g/mol. The Morgan fingerprint density at radius 1 is 1.18 bits per heavy atom. The van der Waals surface area contributed by atoms with Gasteiger partial charge in [-0.25, -0.2) is 9.00 Å². The fourth-order valence-corrected chi connectivity index (χ4v) is 2.53. The Morgan fingerprint density at radius 2 is 1.91 bits per heavy atom. The molecule has 1 aromatic carbocycles. The molecule has 8 nitrogen and oxygen atoms in total. The molecule has 116 valence electrons. The first-order chi connectivity index (χ1) is 10.5. The molecule has 2 N–H and O–H groups in total. The Balaban J connectivity index is 2.06. The molecule has 0 spiro atoms. The molecule has 2 aromatic rings. The number of carbonyl (C=O) groups is 1. The zero-order valence-electron chi connectivity index (χ0n) is 12.3. The van der Waals surface area contributed by atoms with Crippen LogP contribution in [0.1, 0.15) is 11.4 Å².